The molecule has 0 aromatic heterocycles. The van der Waals surface area contributed by atoms with Gasteiger partial charge < -0.3 is 10.4 Å². The number of amides is 1. The molecule has 0 spiro atoms. The average molecular weight is 241 g/mol. The maximum atomic E-state index is 11.6. The number of carbonyl (C=O) groups excluding carboxylic acids is 1. The number of anilines is 1. The van der Waals surface area contributed by atoms with Gasteiger partial charge in [-0.25, -0.2) is 0 Å². The molecule has 1 aliphatic rings. The number of hydrogen-bond donors (Lipinski definition) is 2. The van der Waals surface area contributed by atoms with Gasteiger partial charge >= 0.3 is 0 Å². The van der Waals surface area contributed by atoms with Crippen molar-refractivity contribution in [2.75, 3.05) is 25.0 Å². The molecule has 0 saturated carbocycles. The number of hydrogen-bond acceptors (Lipinski definition) is 3. The highest BCUT2D eigenvalue weighted by Gasteiger charge is 2.25. The molecule has 0 radical (unpaired) electrons. The van der Waals surface area contributed by atoms with Crippen molar-refractivity contribution in [2.45, 2.75) is 6.10 Å². The molecule has 1 aliphatic heterocycles. The second-order valence-electron chi connectivity index (χ2n) is 3.91. The summed E-state index contributed by atoms with van der Waals surface area (Å²) in [5.41, 5.74) is 0.693. The Bertz CT molecular complexity index is 391. The fourth-order valence-electron chi connectivity index (χ4n) is 1.64. The summed E-state index contributed by atoms with van der Waals surface area (Å²) in [6.45, 7) is 1.45. The average Bonchev–Trinajstić information content (AvgIpc) is 2.15. The normalized spacial score (nSPS) is 16.9. The Hall–Kier alpha value is -1.10. The Kier molecular flexibility index (Phi) is 3.43. The van der Waals surface area contributed by atoms with Crippen molar-refractivity contribution in [3.8, 4) is 0 Å². The molecule has 2 rings (SSSR count). The summed E-state index contributed by atoms with van der Waals surface area (Å²) in [4.78, 5) is 13.4. The van der Waals surface area contributed by atoms with Crippen molar-refractivity contribution in [1.82, 2.24) is 4.90 Å². The molecule has 2 N–H and O–H groups in total. The minimum Gasteiger partial charge on any atom is -0.390 e. The summed E-state index contributed by atoms with van der Waals surface area (Å²) in [6, 6.07) is 7.02. The molecule has 5 heteroatoms. The van der Waals surface area contributed by atoms with Gasteiger partial charge in [-0.2, -0.15) is 0 Å². The van der Waals surface area contributed by atoms with E-state index >= 15 is 0 Å². The topological polar surface area (TPSA) is 52.6 Å². The first kappa shape index (κ1) is 11.4. The largest absolute Gasteiger partial charge is 0.390 e. The van der Waals surface area contributed by atoms with Gasteiger partial charge in [-0.15, -0.1) is 0 Å². The van der Waals surface area contributed by atoms with Gasteiger partial charge in [-0.05, 0) is 18.2 Å². The minimum atomic E-state index is -0.279. The van der Waals surface area contributed by atoms with Gasteiger partial charge in [0.15, 0.2) is 0 Å². The van der Waals surface area contributed by atoms with E-state index in [2.05, 4.69) is 5.32 Å². The number of likely N-dealkylation sites (tertiary alicyclic amines) is 1. The third-order valence-electron chi connectivity index (χ3n) is 2.41. The van der Waals surface area contributed by atoms with Crippen LogP contribution in [0.4, 0.5) is 5.69 Å². The molecule has 1 fully saturated rings. The van der Waals surface area contributed by atoms with Crippen molar-refractivity contribution < 1.29 is 9.90 Å². The molecule has 0 atom stereocenters. The molecule has 1 saturated heterocycles. The molecule has 0 aliphatic carbocycles. The van der Waals surface area contributed by atoms with Crippen molar-refractivity contribution in [3.63, 3.8) is 0 Å². The van der Waals surface area contributed by atoms with E-state index in [1.807, 2.05) is 4.90 Å². The van der Waals surface area contributed by atoms with Crippen LogP contribution in [0.25, 0.3) is 0 Å². The van der Waals surface area contributed by atoms with Crippen LogP contribution in [0.1, 0.15) is 0 Å². The van der Waals surface area contributed by atoms with E-state index in [1.165, 1.54) is 0 Å². The summed E-state index contributed by atoms with van der Waals surface area (Å²) >= 11 is 5.80. The van der Waals surface area contributed by atoms with Crippen LogP contribution in [-0.4, -0.2) is 41.7 Å². The SMILES string of the molecule is O=C(CN1CC(O)C1)Nc1cccc(Cl)c1. The molecule has 0 bridgehead atoms. The van der Waals surface area contributed by atoms with E-state index in [4.69, 9.17) is 16.7 Å². The first-order chi connectivity index (χ1) is 7.63. The summed E-state index contributed by atoms with van der Waals surface area (Å²) in [5, 5.41) is 12.4. The maximum Gasteiger partial charge on any atom is 0.238 e. The molecule has 16 heavy (non-hydrogen) atoms. The van der Waals surface area contributed by atoms with Crippen molar-refractivity contribution in [3.05, 3.63) is 29.3 Å². The van der Waals surface area contributed by atoms with E-state index < -0.39 is 0 Å². The molecule has 0 unspecified atom stereocenters. The lowest BCUT2D eigenvalue weighted by molar-refractivity contribution is -0.119. The van der Waals surface area contributed by atoms with Gasteiger partial charge in [0, 0.05) is 23.8 Å². The van der Waals surface area contributed by atoms with Crippen LogP contribution < -0.4 is 5.32 Å². The number of aliphatic hydroxyl groups is 1. The summed E-state index contributed by atoms with van der Waals surface area (Å²) in [6.07, 6.45) is -0.279. The Balaban J connectivity index is 1.83. The number of halogens is 1. The van der Waals surface area contributed by atoms with Gasteiger partial charge in [0.25, 0.3) is 0 Å². The fourth-order valence-corrected chi connectivity index (χ4v) is 1.83. The first-order valence-electron chi connectivity index (χ1n) is 5.09. The van der Waals surface area contributed by atoms with E-state index in [-0.39, 0.29) is 12.0 Å². The molecule has 1 aromatic rings. The van der Waals surface area contributed by atoms with Gasteiger partial charge in [0.05, 0.1) is 12.6 Å². The lowest BCUT2D eigenvalue weighted by Crippen LogP contribution is -2.53. The Morgan fingerprint density at radius 2 is 2.31 bits per heavy atom. The Morgan fingerprint density at radius 3 is 2.94 bits per heavy atom. The van der Waals surface area contributed by atoms with Crippen molar-refractivity contribution in [1.29, 1.82) is 0 Å². The van der Waals surface area contributed by atoms with Crippen LogP contribution in [0.15, 0.2) is 24.3 Å². The quantitative estimate of drug-likeness (QED) is 0.827. The standard InChI is InChI=1S/C11H13ClN2O2/c12-8-2-1-3-9(4-8)13-11(16)7-14-5-10(15)6-14/h1-4,10,15H,5-7H2,(H,13,16). The van der Waals surface area contributed by atoms with Crippen molar-refractivity contribution >= 4 is 23.2 Å². The van der Waals surface area contributed by atoms with Crippen LogP contribution in [0.5, 0.6) is 0 Å². The fraction of sp³-hybridized carbons (Fsp3) is 0.364. The zero-order valence-corrected chi connectivity index (χ0v) is 9.44. The minimum absolute atomic E-state index is 0.0887. The van der Waals surface area contributed by atoms with Gasteiger partial charge in [-0.1, -0.05) is 17.7 Å². The van der Waals surface area contributed by atoms with Gasteiger partial charge in [-0.3, -0.25) is 9.69 Å². The third kappa shape index (κ3) is 2.95. The van der Waals surface area contributed by atoms with Crippen LogP contribution in [0, 0.1) is 0 Å². The molecule has 86 valence electrons. The zero-order valence-electron chi connectivity index (χ0n) is 8.69. The van der Waals surface area contributed by atoms with Crippen LogP contribution in [0.3, 0.4) is 0 Å². The monoisotopic (exact) mass is 240 g/mol. The molecule has 1 aromatic carbocycles. The molecule has 1 amide bonds. The number of benzene rings is 1. The van der Waals surface area contributed by atoms with E-state index in [1.54, 1.807) is 24.3 Å². The first-order valence-corrected chi connectivity index (χ1v) is 5.47. The molecule has 1 heterocycles. The highest BCUT2D eigenvalue weighted by atomic mass is 35.5. The highest BCUT2D eigenvalue weighted by molar-refractivity contribution is 6.30. The predicted octanol–water partition coefficient (Wildman–Crippen LogP) is 0.955. The molecule has 4 nitrogen and oxygen atoms in total. The third-order valence-corrected chi connectivity index (χ3v) is 2.65. The van der Waals surface area contributed by atoms with Gasteiger partial charge in [0.2, 0.25) is 5.91 Å². The van der Waals surface area contributed by atoms with Crippen LogP contribution >= 0.6 is 11.6 Å². The lowest BCUT2D eigenvalue weighted by Gasteiger charge is -2.34. The smallest absolute Gasteiger partial charge is 0.238 e. The Labute approximate surface area is 98.8 Å². The molecular weight excluding hydrogens is 228 g/mol. The second kappa shape index (κ2) is 4.82. The van der Waals surface area contributed by atoms with Gasteiger partial charge in [0.1, 0.15) is 0 Å². The number of nitrogens with one attached hydrogen (secondary N) is 1. The van der Waals surface area contributed by atoms with E-state index in [0.29, 0.717) is 30.3 Å². The predicted molar refractivity (Wildman–Crippen MR) is 62.5 cm³/mol. The molecular formula is C11H13ClN2O2. The summed E-state index contributed by atoms with van der Waals surface area (Å²) in [7, 11) is 0. The number of nitrogens with zero attached hydrogens (tertiary/aromatic N) is 1. The van der Waals surface area contributed by atoms with E-state index in [9.17, 15) is 4.79 Å². The lowest BCUT2D eigenvalue weighted by atomic mass is 10.2. The van der Waals surface area contributed by atoms with E-state index in [0.717, 1.165) is 0 Å². The zero-order chi connectivity index (χ0) is 11.5. The highest BCUT2D eigenvalue weighted by Crippen LogP contribution is 2.15. The number of β-amino-alcohol motifs (C(OH)–C–C–N with tert-alkyl or cyclic N) is 1. The maximum absolute atomic E-state index is 11.6. The van der Waals surface area contributed by atoms with Crippen LogP contribution in [0.2, 0.25) is 5.02 Å². The Morgan fingerprint density at radius 1 is 1.56 bits per heavy atom. The number of rotatable bonds is 3. The summed E-state index contributed by atoms with van der Waals surface area (Å²) < 4.78 is 0. The summed E-state index contributed by atoms with van der Waals surface area (Å²) in [5.74, 6) is -0.0887. The number of carbonyl (C=O) groups is 1. The number of aliphatic hydroxyl groups excluding tert-OH is 1. The van der Waals surface area contributed by atoms with Crippen LogP contribution in [-0.2, 0) is 4.79 Å². The van der Waals surface area contributed by atoms with Crippen molar-refractivity contribution in [2.24, 2.45) is 0 Å². The second-order valence-corrected chi connectivity index (χ2v) is 4.34.